The summed E-state index contributed by atoms with van der Waals surface area (Å²) in [6.45, 7) is 4.47. The number of hydrogen-bond acceptors (Lipinski definition) is 4. The van der Waals surface area contributed by atoms with Crippen LogP contribution in [0.25, 0.3) is 0 Å². The number of unbranched alkanes of at least 4 members (excludes halogenated alkanes) is 1. The van der Waals surface area contributed by atoms with Gasteiger partial charge in [0.2, 0.25) is 11.8 Å². The van der Waals surface area contributed by atoms with Crippen molar-refractivity contribution in [3.05, 3.63) is 0 Å². The van der Waals surface area contributed by atoms with Gasteiger partial charge in [-0.15, -0.1) is 24.0 Å². The van der Waals surface area contributed by atoms with E-state index in [-0.39, 0.29) is 47.1 Å². The lowest BCUT2D eigenvalue weighted by Crippen LogP contribution is -2.49. The quantitative estimate of drug-likeness (QED) is 0.179. The summed E-state index contributed by atoms with van der Waals surface area (Å²) in [6.07, 6.45) is 8.05. The molecule has 2 aliphatic rings. The van der Waals surface area contributed by atoms with Gasteiger partial charge in [-0.1, -0.05) is 12.8 Å². The molecule has 0 unspecified atom stereocenters. The number of likely N-dealkylation sites (tertiary alicyclic amines) is 1. The second kappa shape index (κ2) is 13.3. The second-order valence-corrected chi connectivity index (χ2v) is 8.76. The Hall–Kier alpha value is -1.10. The Morgan fingerprint density at radius 1 is 1.13 bits per heavy atom. The van der Waals surface area contributed by atoms with Crippen LogP contribution in [-0.2, 0) is 9.59 Å². The number of primary amides is 1. The second-order valence-electron chi connectivity index (χ2n) is 8.76. The first kappa shape index (κ1) is 26.9. The number of carbonyl (C=O) groups is 2. The molecule has 8 nitrogen and oxygen atoms in total. The summed E-state index contributed by atoms with van der Waals surface area (Å²) in [7, 11) is 5.45. The molecule has 1 aliphatic carbocycles. The zero-order valence-electron chi connectivity index (χ0n) is 18.9. The Bertz CT molecular complexity index is 570. The number of piperidine rings is 1. The lowest BCUT2D eigenvalue weighted by Gasteiger charge is -2.31. The Balaban J connectivity index is 0.00000450. The summed E-state index contributed by atoms with van der Waals surface area (Å²) >= 11 is 0. The summed E-state index contributed by atoms with van der Waals surface area (Å²) in [5.74, 6) is 0.896. The number of hydrogen-bond donors (Lipinski definition) is 3. The summed E-state index contributed by atoms with van der Waals surface area (Å²) < 4.78 is 0. The van der Waals surface area contributed by atoms with Gasteiger partial charge in [0.05, 0.1) is 5.41 Å². The van der Waals surface area contributed by atoms with E-state index in [1.54, 1.807) is 11.9 Å². The minimum atomic E-state index is -0.293. The number of halogens is 1. The van der Waals surface area contributed by atoms with Crippen molar-refractivity contribution in [1.82, 2.24) is 20.4 Å². The van der Waals surface area contributed by atoms with Gasteiger partial charge in [-0.2, -0.15) is 0 Å². The van der Waals surface area contributed by atoms with Gasteiger partial charge in [-0.25, -0.2) is 0 Å². The average Bonchev–Trinajstić information content (AvgIpc) is 3.19. The zero-order chi connectivity index (χ0) is 21.3. The molecule has 30 heavy (non-hydrogen) atoms. The smallest absolute Gasteiger partial charge is 0.230 e. The number of aliphatic imine (C=N–C) groups is 1. The van der Waals surface area contributed by atoms with Crippen molar-refractivity contribution in [2.24, 2.45) is 22.1 Å². The molecular formula is C21H41IN6O2. The van der Waals surface area contributed by atoms with Gasteiger partial charge in [-0.3, -0.25) is 14.6 Å². The van der Waals surface area contributed by atoms with E-state index in [0.717, 1.165) is 83.5 Å². The number of carbonyl (C=O) groups excluding carboxylic acids is 2. The van der Waals surface area contributed by atoms with Crippen LogP contribution in [0.4, 0.5) is 0 Å². The molecule has 0 aromatic heterocycles. The predicted molar refractivity (Wildman–Crippen MR) is 132 cm³/mol. The molecule has 174 valence electrons. The van der Waals surface area contributed by atoms with Crippen molar-refractivity contribution in [1.29, 1.82) is 0 Å². The maximum Gasteiger partial charge on any atom is 0.230 e. The van der Waals surface area contributed by atoms with Gasteiger partial charge >= 0.3 is 0 Å². The zero-order valence-corrected chi connectivity index (χ0v) is 21.2. The lowest BCUT2D eigenvalue weighted by molar-refractivity contribution is -0.138. The van der Waals surface area contributed by atoms with Crippen LogP contribution in [0, 0.1) is 11.3 Å². The fraction of sp³-hybridized carbons (Fsp3) is 0.857. The van der Waals surface area contributed by atoms with E-state index in [4.69, 9.17) is 5.73 Å². The Morgan fingerprint density at radius 2 is 1.77 bits per heavy atom. The molecule has 0 spiro atoms. The van der Waals surface area contributed by atoms with Gasteiger partial charge < -0.3 is 26.2 Å². The van der Waals surface area contributed by atoms with Crippen molar-refractivity contribution in [3.8, 4) is 0 Å². The molecular weight excluding hydrogens is 495 g/mol. The largest absolute Gasteiger partial charge is 0.369 e. The van der Waals surface area contributed by atoms with E-state index < -0.39 is 0 Å². The molecule has 0 radical (unpaired) electrons. The number of amides is 2. The fourth-order valence-electron chi connectivity index (χ4n) is 4.57. The standard InChI is InChI=1S/C21H40N6O2.HI/c1-23-20(25-16-21(10-4-5-11-21)19(29)26(2)3)24-12-6-7-13-27-14-8-17(9-15-27)18(22)28;/h17H,4-16H2,1-3H3,(H2,22,28)(H2,23,24,25);1H. The van der Waals surface area contributed by atoms with Crippen LogP contribution >= 0.6 is 24.0 Å². The van der Waals surface area contributed by atoms with Gasteiger partial charge in [0.15, 0.2) is 5.96 Å². The van der Waals surface area contributed by atoms with Crippen LogP contribution in [0.1, 0.15) is 51.4 Å². The molecule has 1 aliphatic heterocycles. The van der Waals surface area contributed by atoms with Gasteiger partial charge in [0, 0.05) is 40.2 Å². The molecule has 0 aromatic carbocycles. The first-order chi connectivity index (χ1) is 13.9. The van der Waals surface area contributed by atoms with Crippen LogP contribution < -0.4 is 16.4 Å². The highest BCUT2D eigenvalue weighted by Gasteiger charge is 2.42. The van der Waals surface area contributed by atoms with Crippen LogP contribution in [0.5, 0.6) is 0 Å². The Labute approximate surface area is 198 Å². The van der Waals surface area contributed by atoms with E-state index in [9.17, 15) is 9.59 Å². The van der Waals surface area contributed by atoms with Crippen molar-refractivity contribution in [2.75, 3.05) is 53.9 Å². The highest BCUT2D eigenvalue weighted by Crippen LogP contribution is 2.38. The highest BCUT2D eigenvalue weighted by molar-refractivity contribution is 14.0. The molecule has 1 saturated carbocycles. The maximum absolute atomic E-state index is 12.7. The van der Waals surface area contributed by atoms with E-state index in [2.05, 4.69) is 20.5 Å². The number of guanidine groups is 1. The number of nitrogens with two attached hydrogens (primary N) is 1. The van der Waals surface area contributed by atoms with Gasteiger partial charge in [0.25, 0.3) is 0 Å². The SMILES string of the molecule is CN=C(NCCCCN1CCC(C(N)=O)CC1)NCC1(C(=O)N(C)C)CCCC1.I. The molecule has 4 N–H and O–H groups in total. The average molecular weight is 537 g/mol. The molecule has 2 amide bonds. The molecule has 0 aromatic rings. The van der Waals surface area contributed by atoms with E-state index in [1.165, 1.54) is 0 Å². The first-order valence-electron chi connectivity index (χ1n) is 11.1. The normalized spacial score (nSPS) is 19.8. The third-order valence-electron chi connectivity index (χ3n) is 6.42. The van der Waals surface area contributed by atoms with Crippen molar-refractivity contribution in [2.45, 2.75) is 51.4 Å². The summed E-state index contributed by atoms with van der Waals surface area (Å²) in [5.41, 5.74) is 5.10. The monoisotopic (exact) mass is 536 g/mol. The van der Waals surface area contributed by atoms with Crippen LogP contribution in [-0.4, -0.2) is 81.4 Å². The van der Waals surface area contributed by atoms with Crippen molar-refractivity contribution >= 4 is 41.8 Å². The van der Waals surface area contributed by atoms with Gasteiger partial charge in [-0.05, 0) is 58.2 Å². The lowest BCUT2D eigenvalue weighted by atomic mass is 9.84. The van der Waals surface area contributed by atoms with Gasteiger partial charge in [0.1, 0.15) is 0 Å². The third kappa shape index (κ3) is 7.86. The van der Waals surface area contributed by atoms with Crippen molar-refractivity contribution < 1.29 is 9.59 Å². The van der Waals surface area contributed by atoms with E-state index >= 15 is 0 Å². The Kier molecular flexibility index (Phi) is 12.0. The first-order valence-corrected chi connectivity index (χ1v) is 11.1. The number of nitrogens with zero attached hydrogens (tertiary/aromatic N) is 3. The maximum atomic E-state index is 12.7. The molecule has 1 saturated heterocycles. The molecule has 9 heteroatoms. The molecule has 2 rings (SSSR count). The van der Waals surface area contributed by atoms with E-state index in [1.807, 2.05) is 14.1 Å². The summed E-state index contributed by atoms with van der Waals surface area (Å²) in [5, 5.41) is 6.75. The minimum absolute atomic E-state index is 0. The fourth-order valence-corrected chi connectivity index (χ4v) is 4.57. The Morgan fingerprint density at radius 3 is 2.30 bits per heavy atom. The van der Waals surface area contributed by atoms with Crippen LogP contribution in [0.3, 0.4) is 0 Å². The summed E-state index contributed by atoms with van der Waals surface area (Å²) in [4.78, 5) is 32.4. The molecule has 2 fully saturated rings. The molecule has 1 heterocycles. The topological polar surface area (TPSA) is 103 Å². The van der Waals surface area contributed by atoms with E-state index in [0.29, 0.717) is 6.54 Å². The number of nitrogens with one attached hydrogen (secondary N) is 2. The van der Waals surface area contributed by atoms with Crippen LogP contribution in [0.15, 0.2) is 4.99 Å². The minimum Gasteiger partial charge on any atom is -0.369 e. The molecule has 0 atom stereocenters. The van der Waals surface area contributed by atoms with Crippen LogP contribution in [0.2, 0.25) is 0 Å². The van der Waals surface area contributed by atoms with Crippen molar-refractivity contribution in [3.63, 3.8) is 0 Å². The molecule has 0 bridgehead atoms. The number of rotatable bonds is 9. The third-order valence-corrected chi connectivity index (χ3v) is 6.42. The summed E-state index contributed by atoms with van der Waals surface area (Å²) in [6, 6.07) is 0. The highest BCUT2D eigenvalue weighted by atomic mass is 127. The predicted octanol–water partition coefficient (Wildman–Crippen LogP) is 1.40.